The Morgan fingerprint density at radius 3 is 2.55 bits per heavy atom. The molecule has 0 aliphatic carbocycles. The van der Waals surface area contributed by atoms with Crippen LogP contribution in [0.5, 0.6) is 5.75 Å². The molecule has 0 radical (unpaired) electrons. The van der Waals surface area contributed by atoms with Crippen LogP contribution in [0.4, 0.5) is 0 Å². The summed E-state index contributed by atoms with van der Waals surface area (Å²) in [6.07, 6.45) is 1.54. The molecule has 29 heavy (non-hydrogen) atoms. The summed E-state index contributed by atoms with van der Waals surface area (Å²) < 4.78 is 32.8. The third-order valence-electron chi connectivity index (χ3n) is 4.81. The first kappa shape index (κ1) is 19.1. The van der Waals surface area contributed by atoms with Crippen molar-refractivity contribution in [3.63, 3.8) is 0 Å². The predicted octanol–water partition coefficient (Wildman–Crippen LogP) is 3.88. The average molecular weight is 408 g/mol. The maximum Gasteiger partial charge on any atom is 0.265 e. The Morgan fingerprint density at radius 2 is 1.83 bits per heavy atom. The van der Waals surface area contributed by atoms with Gasteiger partial charge in [-0.2, -0.15) is 0 Å². The van der Waals surface area contributed by atoms with E-state index < -0.39 is 16.1 Å². The molecular formula is C22H20N2O4S. The summed E-state index contributed by atoms with van der Waals surface area (Å²) in [4.78, 5) is 17.8. The number of nitrogens with zero attached hydrogens (tertiary/aromatic N) is 2. The van der Waals surface area contributed by atoms with Crippen LogP contribution in [0.25, 0.3) is 17.0 Å². The minimum atomic E-state index is -3.84. The topological polar surface area (TPSA) is 76.6 Å². The summed E-state index contributed by atoms with van der Waals surface area (Å²) in [5.74, 6) is 0.391. The molecule has 0 saturated carbocycles. The summed E-state index contributed by atoms with van der Waals surface area (Å²) in [6, 6.07) is 15.0. The van der Waals surface area contributed by atoms with E-state index in [4.69, 9.17) is 4.74 Å². The molecule has 7 heteroatoms. The summed E-state index contributed by atoms with van der Waals surface area (Å²) in [5, 5.41) is 0.889. The molecule has 4 rings (SSSR count). The number of rotatable bonds is 3. The van der Waals surface area contributed by atoms with Crippen LogP contribution in [0.1, 0.15) is 29.9 Å². The quantitative estimate of drug-likeness (QED) is 0.615. The maximum atomic E-state index is 13.2. The normalized spacial score (nSPS) is 17.0. The number of carbonyl (C=O) groups excluding carboxylic acids is 1. The summed E-state index contributed by atoms with van der Waals surface area (Å²) >= 11 is 0. The second-order valence-corrected chi connectivity index (χ2v) is 8.83. The molecule has 0 amide bonds. The van der Waals surface area contributed by atoms with E-state index in [9.17, 15) is 13.2 Å². The Balaban J connectivity index is 1.89. The number of ether oxygens (including phenoxy) is 1. The summed E-state index contributed by atoms with van der Waals surface area (Å²) in [6.45, 7) is 3.49. The highest BCUT2D eigenvalue weighted by Gasteiger charge is 2.40. The minimum Gasteiger partial charge on any atom is -0.497 e. The number of pyridine rings is 1. The molecule has 2 aromatic carbocycles. The number of aromatic nitrogens is 1. The molecular weight excluding hydrogens is 388 g/mol. The van der Waals surface area contributed by atoms with Gasteiger partial charge < -0.3 is 4.74 Å². The van der Waals surface area contributed by atoms with Gasteiger partial charge in [0.25, 0.3) is 10.0 Å². The molecule has 0 fully saturated rings. The molecule has 0 spiro atoms. The molecule has 3 aromatic rings. The van der Waals surface area contributed by atoms with Gasteiger partial charge in [0.05, 0.1) is 23.2 Å². The van der Waals surface area contributed by atoms with Gasteiger partial charge in [0.2, 0.25) is 5.78 Å². The zero-order valence-corrected chi connectivity index (χ0v) is 17.1. The van der Waals surface area contributed by atoms with E-state index in [0.717, 1.165) is 16.7 Å². The molecule has 2 heterocycles. The van der Waals surface area contributed by atoms with E-state index in [1.807, 2.05) is 18.2 Å². The van der Waals surface area contributed by atoms with Gasteiger partial charge in [-0.05, 0) is 56.3 Å². The van der Waals surface area contributed by atoms with Crippen molar-refractivity contribution < 1.29 is 17.9 Å². The molecule has 0 saturated heterocycles. The van der Waals surface area contributed by atoms with Crippen LogP contribution in [0.3, 0.4) is 0 Å². The molecule has 148 valence electrons. The first-order chi connectivity index (χ1) is 13.8. The van der Waals surface area contributed by atoms with Crippen LogP contribution < -0.4 is 4.74 Å². The molecule has 1 aliphatic heterocycles. The lowest BCUT2D eigenvalue weighted by atomic mass is 10.1. The number of hydrogen-bond donors (Lipinski definition) is 0. The number of ketones is 1. The van der Waals surface area contributed by atoms with Crippen LogP contribution in [0.15, 0.2) is 65.2 Å². The lowest BCUT2D eigenvalue weighted by molar-refractivity contribution is 0.0996. The number of carbonyl (C=O) groups is 1. The third kappa shape index (κ3) is 3.17. The highest BCUT2D eigenvalue weighted by molar-refractivity contribution is 7.89. The number of methoxy groups -OCH3 is 1. The number of sulfonamides is 1. The van der Waals surface area contributed by atoms with Gasteiger partial charge >= 0.3 is 0 Å². The Labute approximate surface area is 169 Å². The van der Waals surface area contributed by atoms with Crippen molar-refractivity contribution in [1.29, 1.82) is 0 Å². The highest BCUT2D eigenvalue weighted by Crippen LogP contribution is 2.34. The van der Waals surface area contributed by atoms with Gasteiger partial charge in [0, 0.05) is 17.0 Å². The van der Waals surface area contributed by atoms with Gasteiger partial charge in [0.15, 0.2) is 0 Å². The van der Waals surface area contributed by atoms with E-state index in [1.165, 1.54) is 10.4 Å². The van der Waals surface area contributed by atoms with Crippen molar-refractivity contribution in [2.24, 2.45) is 0 Å². The fraction of sp³-hybridized carbons (Fsp3) is 0.182. The van der Waals surface area contributed by atoms with E-state index in [1.54, 1.807) is 57.4 Å². The van der Waals surface area contributed by atoms with Crippen molar-refractivity contribution in [3.05, 3.63) is 71.6 Å². The number of allylic oxidation sites excluding steroid dienone is 1. The zero-order valence-electron chi connectivity index (χ0n) is 16.3. The fourth-order valence-corrected chi connectivity index (χ4v) is 5.36. The predicted molar refractivity (Wildman–Crippen MR) is 111 cm³/mol. The number of benzene rings is 2. The van der Waals surface area contributed by atoms with E-state index in [0.29, 0.717) is 5.69 Å². The van der Waals surface area contributed by atoms with Crippen molar-refractivity contribution in [2.75, 3.05) is 7.11 Å². The second kappa shape index (κ2) is 7.00. The fourth-order valence-electron chi connectivity index (χ4n) is 3.50. The molecule has 0 bridgehead atoms. The Kier molecular flexibility index (Phi) is 4.62. The van der Waals surface area contributed by atoms with Gasteiger partial charge in [-0.1, -0.05) is 18.2 Å². The standard InChI is InChI=1S/C22H20N2O4S/c1-14(2)24-20(22(25)18-6-4-5-7-21(18)29(24,26)27)13-16-9-8-15-12-17(28-3)10-11-19(15)23-16/h4-14H,1-3H3/b20-13+. The third-order valence-corrected chi connectivity index (χ3v) is 6.86. The number of Topliss-reactive ketones (excluding diaryl/α,β-unsaturated/α-hetero) is 1. The first-order valence-corrected chi connectivity index (χ1v) is 10.6. The second-order valence-electron chi connectivity index (χ2n) is 7.04. The van der Waals surface area contributed by atoms with Crippen molar-refractivity contribution in [2.45, 2.75) is 24.8 Å². The van der Waals surface area contributed by atoms with Crippen LogP contribution >= 0.6 is 0 Å². The van der Waals surface area contributed by atoms with Gasteiger partial charge in [-0.15, -0.1) is 0 Å². The lowest BCUT2D eigenvalue weighted by Gasteiger charge is -2.34. The van der Waals surface area contributed by atoms with Crippen molar-refractivity contribution in [1.82, 2.24) is 9.29 Å². The van der Waals surface area contributed by atoms with Gasteiger partial charge in [-0.25, -0.2) is 13.4 Å². The average Bonchev–Trinajstić information content (AvgIpc) is 2.71. The molecule has 0 N–H and O–H groups in total. The number of fused-ring (bicyclic) bond motifs is 2. The number of hydrogen-bond acceptors (Lipinski definition) is 5. The SMILES string of the molecule is COc1ccc2nc(/C=C3\C(=O)c4ccccc4S(=O)(=O)N3C(C)C)ccc2c1. The Morgan fingerprint density at radius 1 is 1.07 bits per heavy atom. The largest absolute Gasteiger partial charge is 0.497 e. The lowest BCUT2D eigenvalue weighted by Crippen LogP contribution is -2.43. The van der Waals surface area contributed by atoms with Crippen LogP contribution in [-0.2, 0) is 10.0 Å². The molecule has 6 nitrogen and oxygen atoms in total. The van der Waals surface area contributed by atoms with E-state index in [2.05, 4.69) is 4.98 Å². The van der Waals surface area contributed by atoms with Crippen molar-refractivity contribution in [3.8, 4) is 5.75 Å². The molecule has 1 aromatic heterocycles. The van der Waals surface area contributed by atoms with Crippen LogP contribution in [0, 0.1) is 0 Å². The van der Waals surface area contributed by atoms with Gasteiger partial charge in [-0.3, -0.25) is 9.10 Å². The highest BCUT2D eigenvalue weighted by atomic mass is 32.2. The molecule has 0 atom stereocenters. The van der Waals surface area contributed by atoms with E-state index >= 15 is 0 Å². The van der Waals surface area contributed by atoms with E-state index in [-0.39, 0.29) is 21.9 Å². The van der Waals surface area contributed by atoms with Crippen LogP contribution in [-0.4, -0.2) is 36.6 Å². The summed E-state index contributed by atoms with van der Waals surface area (Å²) in [5.41, 5.74) is 1.51. The van der Waals surface area contributed by atoms with Crippen LogP contribution in [0.2, 0.25) is 0 Å². The molecule has 1 aliphatic rings. The monoisotopic (exact) mass is 408 g/mol. The van der Waals surface area contributed by atoms with Gasteiger partial charge in [0.1, 0.15) is 11.4 Å². The first-order valence-electron chi connectivity index (χ1n) is 9.17. The maximum absolute atomic E-state index is 13.2. The Bertz CT molecular complexity index is 1260. The zero-order chi connectivity index (χ0) is 20.8. The summed E-state index contributed by atoms with van der Waals surface area (Å²) in [7, 11) is -2.24. The van der Waals surface area contributed by atoms with Crippen molar-refractivity contribution >= 4 is 32.8 Å². The minimum absolute atomic E-state index is 0.0365. The Hall–Kier alpha value is -3.19. The smallest absolute Gasteiger partial charge is 0.265 e. The molecule has 0 unspecified atom stereocenters.